The molecule has 6 heteroatoms. The van der Waals surface area contributed by atoms with Crippen LogP contribution in [0.3, 0.4) is 0 Å². The van der Waals surface area contributed by atoms with Crippen molar-refractivity contribution in [1.29, 1.82) is 0 Å². The average Bonchev–Trinajstić information content (AvgIpc) is 2.78. The Kier molecular flexibility index (Phi) is 3.84. The van der Waals surface area contributed by atoms with Crippen molar-refractivity contribution in [3.8, 4) is 0 Å². The zero-order valence-corrected chi connectivity index (χ0v) is 11.5. The van der Waals surface area contributed by atoms with Gasteiger partial charge in [0, 0.05) is 16.9 Å². The summed E-state index contributed by atoms with van der Waals surface area (Å²) in [5.74, 6) is -0.776. The maximum absolute atomic E-state index is 12.1. The van der Waals surface area contributed by atoms with Crippen LogP contribution >= 0.6 is 0 Å². The monoisotopic (exact) mass is 273 g/mol. The van der Waals surface area contributed by atoms with Crippen LogP contribution in [-0.4, -0.2) is 29.2 Å². The van der Waals surface area contributed by atoms with Gasteiger partial charge in [-0.1, -0.05) is 6.07 Å². The van der Waals surface area contributed by atoms with E-state index in [1.54, 1.807) is 24.3 Å². The highest BCUT2D eigenvalue weighted by atomic mass is 16.5. The third-order valence-corrected chi connectivity index (χ3v) is 3.01. The lowest BCUT2D eigenvalue weighted by atomic mass is 10.2. The second-order valence-corrected chi connectivity index (χ2v) is 4.35. The van der Waals surface area contributed by atoms with Gasteiger partial charge in [-0.15, -0.1) is 0 Å². The van der Waals surface area contributed by atoms with Gasteiger partial charge in [-0.25, -0.2) is 4.79 Å². The van der Waals surface area contributed by atoms with Gasteiger partial charge in [-0.05, 0) is 32.0 Å². The van der Waals surface area contributed by atoms with Crippen LogP contribution in [0.5, 0.6) is 0 Å². The summed E-state index contributed by atoms with van der Waals surface area (Å²) < 4.78 is 4.63. The van der Waals surface area contributed by atoms with E-state index in [-0.39, 0.29) is 5.91 Å². The molecule has 0 bridgehead atoms. The van der Waals surface area contributed by atoms with Crippen LogP contribution in [0, 0.1) is 13.8 Å². The van der Waals surface area contributed by atoms with Crippen molar-refractivity contribution < 1.29 is 14.3 Å². The zero-order chi connectivity index (χ0) is 14.7. The lowest BCUT2D eigenvalue weighted by Gasteiger charge is -2.05. The van der Waals surface area contributed by atoms with Crippen LogP contribution in [0.1, 0.15) is 32.1 Å². The van der Waals surface area contributed by atoms with Gasteiger partial charge in [0.15, 0.2) is 5.69 Å². The smallest absolute Gasteiger partial charge is 0.337 e. The van der Waals surface area contributed by atoms with E-state index in [1.165, 1.54) is 7.11 Å². The molecule has 0 saturated heterocycles. The van der Waals surface area contributed by atoms with Crippen molar-refractivity contribution in [2.75, 3.05) is 12.4 Å². The molecule has 0 atom stereocenters. The van der Waals surface area contributed by atoms with E-state index in [9.17, 15) is 9.59 Å². The Hall–Kier alpha value is -2.63. The summed E-state index contributed by atoms with van der Waals surface area (Å²) in [6, 6.07) is 6.54. The lowest BCUT2D eigenvalue weighted by molar-refractivity contribution is 0.0600. The normalized spacial score (nSPS) is 10.2. The van der Waals surface area contributed by atoms with E-state index in [2.05, 4.69) is 20.3 Å². The van der Waals surface area contributed by atoms with E-state index in [0.29, 0.717) is 16.9 Å². The van der Waals surface area contributed by atoms with Gasteiger partial charge in [-0.2, -0.15) is 5.10 Å². The van der Waals surface area contributed by atoms with Crippen molar-refractivity contribution in [2.24, 2.45) is 0 Å². The summed E-state index contributed by atoms with van der Waals surface area (Å²) in [5, 5.41) is 9.42. The fraction of sp³-hybridized carbons (Fsp3) is 0.214. The van der Waals surface area contributed by atoms with Crippen molar-refractivity contribution in [1.82, 2.24) is 10.2 Å². The molecule has 0 radical (unpaired) electrons. The highest BCUT2D eigenvalue weighted by Crippen LogP contribution is 2.14. The molecule has 0 aliphatic heterocycles. The summed E-state index contributed by atoms with van der Waals surface area (Å²) >= 11 is 0. The first-order valence-electron chi connectivity index (χ1n) is 6.04. The molecule has 2 aromatic rings. The predicted molar refractivity (Wildman–Crippen MR) is 73.8 cm³/mol. The number of amides is 1. The Morgan fingerprint density at radius 2 is 2.05 bits per heavy atom. The number of anilines is 1. The molecule has 104 valence electrons. The summed E-state index contributed by atoms with van der Waals surface area (Å²) in [7, 11) is 1.31. The fourth-order valence-electron chi connectivity index (χ4n) is 1.74. The van der Waals surface area contributed by atoms with Crippen LogP contribution < -0.4 is 5.32 Å². The molecule has 2 N–H and O–H groups in total. The van der Waals surface area contributed by atoms with Crippen LogP contribution in [0.25, 0.3) is 0 Å². The standard InChI is InChI=1S/C14H15N3O3/c1-8-9(2)16-17-12(8)13(18)15-11-6-4-5-10(7-11)14(19)20-3/h4-7H,1-3H3,(H,15,18)(H,16,17). The van der Waals surface area contributed by atoms with Crippen LogP contribution in [0.15, 0.2) is 24.3 Å². The second-order valence-electron chi connectivity index (χ2n) is 4.35. The summed E-state index contributed by atoms with van der Waals surface area (Å²) in [4.78, 5) is 23.5. The molecular weight excluding hydrogens is 258 g/mol. The molecule has 6 nitrogen and oxygen atoms in total. The molecule has 0 aliphatic carbocycles. The number of rotatable bonds is 3. The zero-order valence-electron chi connectivity index (χ0n) is 11.5. The highest BCUT2D eigenvalue weighted by molar-refractivity contribution is 6.04. The molecule has 0 saturated carbocycles. The van der Waals surface area contributed by atoms with E-state index >= 15 is 0 Å². The lowest BCUT2D eigenvalue weighted by Crippen LogP contribution is -2.14. The number of aryl methyl sites for hydroxylation is 1. The predicted octanol–water partition coefficient (Wildman–Crippen LogP) is 2.07. The van der Waals surface area contributed by atoms with Crippen molar-refractivity contribution in [3.63, 3.8) is 0 Å². The van der Waals surface area contributed by atoms with Gasteiger partial charge in [0.1, 0.15) is 0 Å². The number of hydrogen-bond acceptors (Lipinski definition) is 4. The number of ether oxygens (including phenoxy) is 1. The number of aromatic nitrogens is 2. The molecule has 1 aromatic heterocycles. The average molecular weight is 273 g/mol. The number of hydrogen-bond donors (Lipinski definition) is 2. The van der Waals surface area contributed by atoms with E-state index in [4.69, 9.17) is 0 Å². The molecule has 1 aromatic carbocycles. The Labute approximate surface area is 116 Å². The number of carbonyl (C=O) groups excluding carboxylic acids is 2. The summed E-state index contributed by atoms with van der Waals surface area (Å²) in [6.45, 7) is 3.66. The first-order valence-corrected chi connectivity index (χ1v) is 6.04. The van der Waals surface area contributed by atoms with Gasteiger partial charge in [0.25, 0.3) is 5.91 Å². The third kappa shape index (κ3) is 2.69. The number of aromatic amines is 1. The largest absolute Gasteiger partial charge is 0.465 e. The first kappa shape index (κ1) is 13.8. The molecule has 20 heavy (non-hydrogen) atoms. The molecule has 1 amide bonds. The number of benzene rings is 1. The van der Waals surface area contributed by atoms with Gasteiger partial charge in [0.2, 0.25) is 0 Å². The van der Waals surface area contributed by atoms with Crippen LogP contribution in [0.2, 0.25) is 0 Å². The van der Waals surface area contributed by atoms with Gasteiger partial charge < -0.3 is 10.1 Å². The number of nitrogens with zero attached hydrogens (tertiary/aromatic N) is 1. The Bertz CT molecular complexity index is 661. The number of methoxy groups -OCH3 is 1. The third-order valence-electron chi connectivity index (χ3n) is 3.01. The molecule has 0 spiro atoms. The van der Waals surface area contributed by atoms with E-state index < -0.39 is 5.97 Å². The number of H-pyrrole nitrogens is 1. The molecule has 0 aliphatic rings. The SMILES string of the molecule is COC(=O)c1cccc(NC(=O)c2n[nH]c(C)c2C)c1. The summed E-state index contributed by atoms with van der Waals surface area (Å²) in [6.07, 6.45) is 0. The van der Waals surface area contributed by atoms with Crippen molar-refractivity contribution in [3.05, 3.63) is 46.8 Å². The first-order chi connectivity index (χ1) is 9.52. The Morgan fingerprint density at radius 1 is 1.30 bits per heavy atom. The van der Waals surface area contributed by atoms with Crippen molar-refractivity contribution >= 4 is 17.6 Å². The maximum atomic E-state index is 12.1. The molecule has 0 fully saturated rings. The van der Waals surface area contributed by atoms with Gasteiger partial charge in [-0.3, -0.25) is 9.89 Å². The van der Waals surface area contributed by atoms with Crippen LogP contribution in [-0.2, 0) is 4.74 Å². The second kappa shape index (κ2) is 5.56. The summed E-state index contributed by atoms with van der Waals surface area (Å²) in [5.41, 5.74) is 2.87. The molecule has 2 rings (SSSR count). The van der Waals surface area contributed by atoms with Gasteiger partial charge >= 0.3 is 5.97 Å². The van der Waals surface area contributed by atoms with Gasteiger partial charge in [0.05, 0.1) is 12.7 Å². The minimum absolute atomic E-state index is 0.325. The van der Waals surface area contributed by atoms with E-state index in [1.807, 2.05) is 13.8 Å². The number of carbonyl (C=O) groups is 2. The van der Waals surface area contributed by atoms with Crippen molar-refractivity contribution in [2.45, 2.75) is 13.8 Å². The molecule has 0 unspecified atom stereocenters. The van der Waals surface area contributed by atoms with Crippen LogP contribution in [0.4, 0.5) is 5.69 Å². The molecule has 1 heterocycles. The highest BCUT2D eigenvalue weighted by Gasteiger charge is 2.15. The Balaban J connectivity index is 2.20. The van der Waals surface area contributed by atoms with E-state index in [0.717, 1.165) is 11.3 Å². The minimum Gasteiger partial charge on any atom is -0.465 e. The Morgan fingerprint density at radius 3 is 2.65 bits per heavy atom. The maximum Gasteiger partial charge on any atom is 0.337 e. The number of esters is 1. The topological polar surface area (TPSA) is 84.1 Å². The quantitative estimate of drug-likeness (QED) is 0.838. The molecular formula is C14H15N3O3. The number of nitrogens with one attached hydrogen (secondary N) is 2. The minimum atomic E-state index is -0.451. The fourth-order valence-corrected chi connectivity index (χ4v) is 1.74.